The molecule has 34 heavy (non-hydrogen) atoms. The number of unbranched alkanes of at least 4 members (excludes halogenated alkanes) is 1. The van der Waals surface area contributed by atoms with E-state index in [2.05, 4.69) is 36.7 Å². The molecule has 2 heterocycles. The molecule has 0 aromatic carbocycles. The van der Waals surface area contributed by atoms with Crippen LogP contribution in [0.25, 0.3) is 0 Å². The number of esters is 1. The molecule has 0 radical (unpaired) electrons. The quantitative estimate of drug-likeness (QED) is 0.293. The molecule has 2 atom stereocenters. The van der Waals surface area contributed by atoms with Gasteiger partial charge in [-0.1, -0.05) is 41.0 Å². The lowest BCUT2D eigenvalue weighted by atomic mass is 9.90. The Labute approximate surface area is 210 Å². The minimum absolute atomic E-state index is 0.00491. The van der Waals surface area contributed by atoms with Crippen molar-refractivity contribution in [1.29, 1.82) is 0 Å². The zero-order valence-corrected chi connectivity index (χ0v) is 23.3. The van der Waals surface area contributed by atoms with Crippen LogP contribution in [0.1, 0.15) is 81.1 Å². The Balaban J connectivity index is 0.000000521. The van der Waals surface area contributed by atoms with Gasteiger partial charge in [-0.3, -0.25) is 9.59 Å². The van der Waals surface area contributed by atoms with Crippen LogP contribution in [0, 0.1) is 10.8 Å². The van der Waals surface area contributed by atoms with Crippen LogP contribution in [0.4, 0.5) is 4.79 Å². The molecule has 2 fully saturated rings. The van der Waals surface area contributed by atoms with Gasteiger partial charge < -0.3 is 25.4 Å². The van der Waals surface area contributed by atoms with E-state index in [-0.39, 0.29) is 28.7 Å². The second-order valence-electron chi connectivity index (χ2n) is 11.8. The molecule has 3 N–H and O–H groups in total. The molecule has 2 unspecified atom stereocenters. The van der Waals surface area contributed by atoms with Gasteiger partial charge in [0.1, 0.15) is 5.60 Å². The molecule has 2 rings (SSSR count). The third-order valence-electron chi connectivity index (χ3n) is 5.26. The third kappa shape index (κ3) is 13.4. The fourth-order valence-corrected chi connectivity index (χ4v) is 4.73. The third-order valence-corrected chi connectivity index (χ3v) is 6.45. The molecule has 2 aliphatic rings. The molecule has 2 saturated heterocycles. The molecular weight excluding hydrogens is 454 g/mol. The molecule has 0 aromatic heterocycles. The van der Waals surface area contributed by atoms with Gasteiger partial charge in [0.25, 0.3) is 0 Å². The lowest BCUT2D eigenvalue weighted by Crippen LogP contribution is -2.37. The predicted molar refractivity (Wildman–Crippen MR) is 138 cm³/mol. The molecule has 0 spiro atoms. The second-order valence-corrected chi connectivity index (χ2v) is 12.9. The zero-order chi connectivity index (χ0) is 26.0. The van der Waals surface area contributed by atoms with Crippen LogP contribution in [0.2, 0.25) is 0 Å². The van der Waals surface area contributed by atoms with Gasteiger partial charge in [-0.2, -0.15) is 11.8 Å². The van der Waals surface area contributed by atoms with Crippen molar-refractivity contribution in [2.75, 3.05) is 31.3 Å². The van der Waals surface area contributed by atoms with Crippen LogP contribution >= 0.6 is 11.8 Å². The number of nitrogens with one attached hydrogen (secondary N) is 3. The lowest BCUT2D eigenvalue weighted by Gasteiger charge is -2.29. The summed E-state index contributed by atoms with van der Waals surface area (Å²) in [4.78, 5) is 34.3. The minimum Gasteiger partial charge on any atom is -0.460 e. The number of fused-ring (bicyclic) bond motifs is 1. The normalized spacial score (nSPS) is 19.9. The lowest BCUT2D eigenvalue weighted by molar-refractivity contribution is -0.158. The highest BCUT2D eigenvalue weighted by Crippen LogP contribution is 2.25. The number of urea groups is 1. The Kier molecular flexibility index (Phi) is 12.2. The summed E-state index contributed by atoms with van der Waals surface area (Å²) >= 11 is 1.89. The highest BCUT2D eigenvalue weighted by Gasteiger charge is 2.35. The number of thioether (sulfide) groups is 1. The fourth-order valence-electron chi connectivity index (χ4n) is 3.45. The van der Waals surface area contributed by atoms with E-state index in [9.17, 15) is 14.4 Å². The summed E-state index contributed by atoms with van der Waals surface area (Å²) in [6, 6.07) is 0.815. The maximum Gasteiger partial charge on any atom is 0.315 e. The number of rotatable bonds is 11. The van der Waals surface area contributed by atoms with Crippen LogP contribution in [0.5, 0.6) is 0 Å². The van der Waals surface area contributed by atoms with E-state index >= 15 is 0 Å². The van der Waals surface area contributed by atoms with Crippen molar-refractivity contribution in [2.45, 2.75) is 98.8 Å². The van der Waals surface area contributed by atoms with Crippen molar-refractivity contribution in [1.82, 2.24) is 16.0 Å². The van der Waals surface area contributed by atoms with Gasteiger partial charge in [0, 0.05) is 29.9 Å². The Hall–Kier alpha value is -1.48. The summed E-state index contributed by atoms with van der Waals surface area (Å²) in [5, 5.41) is 8.66. The Morgan fingerprint density at radius 2 is 1.56 bits per heavy atom. The number of carbonyl (C=O) groups is 3. The van der Waals surface area contributed by atoms with E-state index in [0.717, 1.165) is 24.3 Å². The van der Waals surface area contributed by atoms with Gasteiger partial charge in [-0.05, 0) is 32.6 Å². The van der Waals surface area contributed by atoms with Crippen LogP contribution in [-0.4, -0.2) is 66.9 Å². The molecule has 0 aromatic rings. The Morgan fingerprint density at radius 3 is 2.09 bits per heavy atom. The number of ether oxygens (including phenoxy) is 2. The standard InChI is InChI=1S/C20H39NO4.C5H8N2OS/c1-9-10-11-16(22)21-13-20(7,8)15-24-14-19(5,6)12-17(23)25-18(2,3)4;8-5-6-3-1-9-2-4(3)7-5/h9-15H2,1-8H3,(H,21,22);3-4H,1-2H2,(H2,6,7,8). The van der Waals surface area contributed by atoms with Crippen LogP contribution in [-0.2, 0) is 19.1 Å². The molecule has 198 valence electrons. The minimum atomic E-state index is -0.466. The average molecular weight is 502 g/mol. The SMILES string of the molecule is CCCCC(=O)NCC(C)(C)COCC(C)(C)CC(=O)OC(C)(C)C.O=C1NC2CSCC2N1. The van der Waals surface area contributed by atoms with Crippen molar-refractivity contribution in [3.8, 4) is 0 Å². The topological polar surface area (TPSA) is 106 Å². The van der Waals surface area contributed by atoms with Crippen molar-refractivity contribution in [3.63, 3.8) is 0 Å². The van der Waals surface area contributed by atoms with Crippen molar-refractivity contribution in [2.24, 2.45) is 10.8 Å². The maximum absolute atomic E-state index is 12.0. The molecule has 0 bridgehead atoms. The monoisotopic (exact) mass is 501 g/mol. The number of amides is 3. The van der Waals surface area contributed by atoms with Crippen LogP contribution in [0.15, 0.2) is 0 Å². The number of hydrogen-bond donors (Lipinski definition) is 3. The Bertz CT molecular complexity index is 662. The largest absolute Gasteiger partial charge is 0.460 e. The molecule has 9 heteroatoms. The summed E-state index contributed by atoms with van der Waals surface area (Å²) in [5.74, 6) is 2.04. The highest BCUT2D eigenvalue weighted by atomic mass is 32.2. The fraction of sp³-hybridized carbons (Fsp3) is 0.880. The number of hydrogen-bond acceptors (Lipinski definition) is 6. The van der Waals surface area contributed by atoms with Crippen LogP contribution in [0.3, 0.4) is 0 Å². The first-order valence-corrected chi connectivity index (χ1v) is 13.5. The summed E-state index contributed by atoms with van der Waals surface area (Å²) in [5.41, 5.74) is -0.904. The highest BCUT2D eigenvalue weighted by molar-refractivity contribution is 7.99. The zero-order valence-electron chi connectivity index (χ0n) is 22.5. The van der Waals surface area contributed by atoms with Gasteiger partial charge in [-0.25, -0.2) is 4.79 Å². The van der Waals surface area contributed by atoms with E-state index in [4.69, 9.17) is 9.47 Å². The molecular formula is C25H47N3O5S. The van der Waals surface area contributed by atoms with Gasteiger partial charge in [0.05, 0.1) is 31.7 Å². The van der Waals surface area contributed by atoms with E-state index in [1.54, 1.807) is 0 Å². The summed E-state index contributed by atoms with van der Waals surface area (Å²) in [6.45, 7) is 17.4. The van der Waals surface area contributed by atoms with Crippen molar-refractivity contribution in [3.05, 3.63) is 0 Å². The summed E-state index contributed by atoms with van der Waals surface area (Å²) in [7, 11) is 0. The molecule has 0 saturated carbocycles. The molecule has 0 aliphatic carbocycles. The first-order chi connectivity index (χ1) is 15.6. The van der Waals surface area contributed by atoms with Crippen molar-refractivity contribution < 1.29 is 23.9 Å². The molecule has 8 nitrogen and oxygen atoms in total. The van der Waals surface area contributed by atoms with E-state index in [1.807, 2.05) is 46.4 Å². The van der Waals surface area contributed by atoms with Crippen LogP contribution < -0.4 is 16.0 Å². The summed E-state index contributed by atoms with van der Waals surface area (Å²) in [6.07, 6.45) is 2.84. The smallest absolute Gasteiger partial charge is 0.315 e. The maximum atomic E-state index is 12.0. The van der Waals surface area contributed by atoms with E-state index in [1.165, 1.54) is 0 Å². The number of carbonyl (C=O) groups excluding carboxylic acids is 3. The Morgan fingerprint density at radius 1 is 1.00 bits per heavy atom. The van der Waals surface area contributed by atoms with Gasteiger partial charge in [0.2, 0.25) is 5.91 Å². The second kappa shape index (κ2) is 13.6. The van der Waals surface area contributed by atoms with Gasteiger partial charge in [0.15, 0.2) is 0 Å². The first kappa shape index (κ1) is 30.6. The molecule has 3 amide bonds. The van der Waals surface area contributed by atoms with Crippen molar-refractivity contribution >= 4 is 29.7 Å². The molecule has 2 aliphatic heterocycles. The first-order valence-electron chi connectivity index (χ1n) is 12.3. The van der Waals surface area contributed by atoms with E-state index < -0.39 is 5.60 Å². The average Bonchev–Trinajstić information content (AvgIpc) is 3.23. The summed E-state index contributed by atoms with van der Waals surface area (Å²) < 4.78 is 11.2. The predicted octanol–water partition coefficient (Wildman–Crippen LogP) is 3.88. The van der Waals surface area contributed by atoms with Gasteiger partial charge >= 0.3 is 12.0 Å². The van der Waals surface area contributed by atoms with E-state index in [0.29, 0.717) is 44.7 Å². The van der Waals surface area contributed by atoms with Gasteiger partial charge in [-0.15, -0.1) is 0 Å².